The summed E-state index contributed by atoms with van der Waals surface area (Å²) < 4.78 is 0.501. The van der Waals surface area contributed by atoms with Gasteiger partial charge in [0.25, 0.3) is 0 Å². The number of hydrogen-bond donors (Lipinski definition) is 1. The fourth-order valence-electron chi connectivity index (χ4n) is 3.14. The summed E-state index contributed by atoms with van der Waals surface area (Å²) in [6, 6.07) is 11.4. The maximum Gasteiger partial charge on any atom is 0.0320 e. The number of benzene rings is 1. The van der Waals surface area contributed by atoms with Crippen LogP contribution in [0.1, 0.15) is 57.1 Å². The van der Waals surface area contributed by atoms with Crippen molar-refractivity contribution in [2.45, 2.75) is 56.2 Å². The molecule has 1 atom stereocenters. The molecule has 0 amide bonds. The lowest BCUT2D eigenvalue weighted by Crippen LogP contribution is -2.37. The molecule has 1 nitrogen and oxygen atoms in total. The van der Waals surface area contributed by atoms with E-state index >= 15 is 0 Å². The van der Waals surface area contributed by atoms with Gasteiger partial charge in [-0.25, -0.2) is 0 Å². The van der Waals surface area contributed by atoms with Crippen molar-refractivity contribution in [2.24, 2.45) is 0 Å². The lowest BCUT2D eigenvalue weighted by Gasteiger charge is -2.30. The number of rotatable bonds is 7. The van der Waals surface area contributed by atoms with Crippen molar-refractivity contribution in [1.29, 1.82) is 0 Å². The minimum Gasteiger partial charge on any atom is -0.309 e. The summed E-state index contributed by atoms with van der Waals surface area (Å²) in [5, 5.41) is 3.85. The molecular formula is C17H27NS. The van der Waals surface area contributed by atoms with E-state index < -0.39 is 0 Å². The molecule has 106 valence electrons. The van der Waals surface area contributed by atoms with Crippen LogP contribution in [0, 0.1) is 0 Å². The maximum absolute atomic E-state index is 3.85. The summed E-state index contributed by atoms with van der Waals surface area (Å²) in [7, 11) is 0. The molecule has 0 aromatic heterocycles. The van der Waals surface area contributed by atoms with Crippen molar-refractivity contribution in [1.82, 2.24) is 5.32 Å². The molecule has 1 unspecified atom stereocenters. The topological polar surface area (TPSA) is 12.0 Å². The van der Waals surface area contributed by atoms with Gasteiger partial charge in [0.15, 0.2) is 0 Å². The van der Waals surface area contributed by atoms with E-state index in [0.29, 0.717) is 10.8 Å². The van der Waals surface area contributed by atoms with Crippen LogP contribution in [0.5, 0.6) is 0 Å². The molecule has 1 aliphatic carbocycles. The van der Waals surface area contributed by atoms with Crippen LogP contribution in [0.2, 0.25) is 0 Å². The number of hydrogen-bond acceptors (Lipinski definition) is 2. The van der Waals surface area contributed by atoms with E-state index in [2.05, 4.69) is 60.6 Å². The zero-order valence-electron chi connectivity index (χ0n) is 12.3. The van der Waals surface area contributed by atoms with Gasteiger partial charge in [0, 0.05) is 17.3 Å². The molecule has 0 bridgehead atoms. The summed E-state index contributed by atoms with van der Waals surface area (Å²) >= 11 is 2.07. The van der Waals surface area contributed by atoms with Crippen LogP contribution in [0.3, 0.4) is 0 Å². The van der Waals surface area contributed by atoms with Gasteiger partial charge >= 0.3 is 0 Å². The normalized spacial score (nSPS) is 19.5. The van der Waals surface area contributed by atoms with Gasteiger partial charge in [-0.2, -0.15) is 11.8 Å². The molecule has 0 spiro atoms. The van der Waals surface area contributed by atoms with Gasteiger partial charge in [0.1, 0.15) is 0 Å². The van der Waals surface area contributed by atoms with Crippen LogP contribution < -0.4 is 5.32 Å². The highest BCUT2D eigenvalue weighted by Crippen LogP contribution is 2.40. The molecule has 1 saturated carbocycles. The van der Waals surface area contributed by atoms with Crippen molar-refractivity contribution < 1.29 is 0 Å². The third-order valence-corrected chi connectivity index (χ3v) is 5.82. The fourth-order valence-corrected chi connectivity index (χ4v) is 4.07. The Kier molecular flexibility index (Phi) is 5.77. The highest BCUT2D eigenvalue weighted by atomic mass is 32.2. The second-order valence-electron chi connectivity index (χ2n) is 5.73. The Morgan fingerprint density at radius 1 is 1.21 bits per heavy atom. The molecule has 0 heterocycles. The second-order valence-corrected chi connectivity index (χ2v) is 7.00. The van der Waals surface area contributed by atoms with Crippen LogP contribution in [-0.4, -0.2) is 17.5 Å². The lowest BCUT2D eigenvalue weighted by atomic mass is 10.0. The van der Waals surface area contributed by atoms with Gasteiger partial charge in [0.2, 0.25) is 0 Å². The van der Waals surface area contributed by atoms with Gasteiger partial charge in [-0.05, 0) is 31.1 Å². The SMILES string of the molecule is CCCC(NCC1(SC)CCCC1)c1ccccc1. The minimum atomic E-state index is 0.501. The Hall–Kier alpha value is -0.470. The Bertz CT molecular complexity index is 357. The molecule has 1 aliphatic rings. The lowest BCUT2D eigenvalue weighted by molar-refractivity contribution is 0.445. The summed E-state index contributed by atoms with van der Waals surface area (Å²) in [5.74, 6) is 0. The average molecular weight is 277 g/mol. The quantitative estimate of drug-likeness (QED) is 0.769. The van der Waals surface area contributed by atoms with Crippen molar-refractivity contribution in [3.63, 3.8) is 0 Å². The van der Waals surface area contributed by atoms with Crippen LogP contribution in [0.25, 0.3) is 0 Å². The standard InChI is InChI=1S/C17H27NS/c1-3-9-16(15-10-5-4-6-11-15)18-14-17(19-2)12-7-8-13-17/h4-6,10-11,16,18H,3,7-9,12-14H2,1-2H3. The Balaban J connectivity index is 1.97. The molecule has 1 aromatic carbocycles. The summed E-state index contributed by atoms with van der Waals surface area (Å²) in [4.78, 5) is 0. The Morgan fingerprint density at radius 2 is 1.89 bits per heavy atom. The third-order valence-electron chi connectivity index (χ3n) is 4.40. The first kappa shape index (κ1) is 14.9. The van der Waals surface area contributed by atoms with Crippen LogP contribution in [0.15, 0.2) is 30.3 Å². The van der Waals surface area contributed by atoms with Crippen LogP contribution >= 0.6 is 11.8 Å². The Labute approximate surface area is 122 Å². The molecule has 0 saturated heterocycles. The molecule has 2 heteroatoms. The van der Waals surface area contributed by atoms with E-state index in [9.17, 15) is 0 Å². The fraction of sp³-hybridized carbons (Fsp3) is 0.647. The van der Waals surface area contributed by atoms with Gasteiger partial charge < -0.3 is 5.32 Å². The van der Waals surface area contributed by atoms with Gasteiger partial charge in [0.05, 0.1) is 0 Å². The summed E-state index contributed by atoms with van der Waals surface area (Å²) in [6.07, 6.45) is 10.3. The molecule has 1 fully saturated rings. The van der Waals surface area contributed by atoms with Crippen LogP contribution in [0.4, 0.5) is 0 Å². The van der Waals surface area contributed by atoms with E-state index in [-0.39, 0.29) is 0 Å². The second kappa shape index (κ2) is 7.35. The molecule has 19 heavy (non-hydrogen) atoms. The summed E-state index contributed by atoms with van der Waals surface area (Å²) in [5.41, 5.74) is 1.44. The molecule has 1 N–H and O–H groups in total. The smallest absolute Gasteiger partial charge is 0.0320 e. The van der Waals surface area contributed by atoms with Crippen LogP contribution in [-0.2, 0) is 0 Å². The number of thioether (sulfide) groups is 1. The van der Waals surface area contributed by atoms with E-state index in [1.165, 1.54) is 44.1 Å². The molecule has 2 rings (SSSR count). The van der Waals surface area contributed by atoms with Gasteiger partial charge in [-0.1, -0.05) is 56.5 Å². The number of nitrogens with one attached hydrogen (secondary N) is 1. The summed E-state index contributed by atoms with van der Waals surface area (Å²) in [6.45, 7) is 3.44. The molecular weight excluding hydrogens is 250 g/mol. The Morgan fingerprint density at radius 3 is 2.47 bits per heavy atom. The average Bonchev–Trinajstić information content (AvgIpc) is 2.94. The maximum atomic E-state index is 3.85. The van der Waals surface area contributed by atoms with E-state index in [1.54, 1.807) is 0 Å². The molecule has 0 radical (unpaired) electrons. The predicted octanol–water partition coefficient (Wildman–Crippen LogP) is 4.79. The molecule has 1 aromatic rings. The van der Waals surface area contributed by atoms with Gasteiger partial charge in [-0.3, -0.25) is 0 Å². The van der Waals surface area contributed by atoms with E-state index in [0.717, 1.165) is 6.54 Å². The highest BCUT2D eigenvalue weighted by Gasteiger charge is 2.33. The first-order valence-electron chi connectivity index (χ1n) is 7.63. The third kappa shape index (κ3) is 4.00. The highest BCUT2D eigenvalue weighted by molar-refractivity contribution is 8.00. The molecule has 0 aliphatic heterocycles. The largest absolute Gasteiger partial charge is 0.309 e. The van der Waals surface area contributed by atoms with E-state index in [1.807, 2.05) is 0 Å². The monoisotopic (exact) mass is 277 g/mol. The first-order valence-corrected chi connectivity index (χ1v) is 8.85. The zero-order valence-corrected chi connectivity index (χ0v) is 13.1. The zero-order chi connectivity index (χ0) is 13.6. The van der Waals surface area contributed by atoms with Crippen molar-refractivity contribution >= 4 is 11.8 Å². The first-order chi connectivity index (χ1) is 9.29. The van der Waals surface area contributed by atoms with Crippen molar-refractivity contribution in [3.05, 3.63) is 35.9 Å². The minimum absolute atomic E-state index is 0.501. The van der Waals surface area contributed by atoms with Crippen molar-refractivity contribution in [2.75, 3.05) is 12.8 Å². The predicted molar refractivity (Wildman–Crippen MR) is 86.8 cm³/mol. The van der Waals surface area contributed by atoms with Crippen molar-refractivity contribution in [3.8, 4) is 0 Å². The van der Waals surface area contributed by atoms with E-state index in [4.69, 9.17) is 0 Å². The van der Waals surface area contributed by atoms with Gasteiger partial charge in [-0.15, -0.1) is 0 Å².